The van der Waals surface area contributed by atoms with Crippen molar-refractivity contribution in [2.45, 2.75) is 51.3 Å². The molecule has 0 unspecified atom stereocenters. The summed E-state index contributed by atoms with van der Waals surface area (Å²) in [6.45, 7) is 11.2. The predicted molar refractivity (Wildman–Crippen MR) is 278 cm³/mol. The minimum atomic E-state index is -0.0610. The molecule has 3 heteroatoms. The van der Waals surface area contributed by atoms with E-state index in [1.54, 1.807) is 0 Å². The topological polar surface area (TPSA) is 7.65 Å². The van der Waals surface area contributed by atoms with Crippen molar-refractivity contribution in [3.05, 3.63) is 211 Å². The summed E-state index contributed by atoms with van der Waals surface area (Å²) < 4.78 is 2.50. The minimum absolute atomic E-state index is 0.0610. The van der Waals surface area contributed by atoms with Crippen LogP contribution in [0.2, 0.25) is 0 Å². The fourth-order valence-electron chi connectivity index (χ4n) is 10.3. The van der Waals surface area contributed by atoms with Crippen molar-refractivity contribution >= 4 is 67.8 Å². The van der Waals surface area contributed by atoms with Crippen molar-refractivity contribution in [1.82, 2.24) is 4.40 Å². The average molecular weight is 843 g/mol. The Morgan fingerprint density at radius 2 is 1.02 bits per heavy atom. The Morgan fingerprint density at radius 3 is 1.72 bits per heavy atom. The third kappa shape index (κ3) is 6.32. The van der Waals surface area contributed by atoms with Gasteiger partial charge in [0.1, 0.15) is 0 Å². The van der Waals surface area contributed by atoms with Gasteiger partial charge in [-0.1, -0.05) is 179 Å². The molecule has 0 saturated carbocycles. The molecule has 1 aliphatic rings. The van der Waals surface area contributed by atoms with Gasteiger partial charge in [0.15, 0.2) is 0 Å². The van der Waals surface area contributed by atoms with Gasteiger partial charge in [0.25, 0.3) is 0 Å². The number of fused-ring (bicyclic) bond motifs is 9. The predicted octanol–water partition coefficient (Wildman–Crippen LogP) is 17.6. The molecule has 0 aliphatic heterocycles. The number of hydrogen-bond donors (Lipinski definition) is 1. The first-order valence-corrected chi connectivity index (χ1v) is 23.0. The first-order chi connectivity index (χ1) is 31.2. The number of hydrogen-bond acceptors (Lipinski definition) is 2. The highest BCUT2D eigenvalue weighted by Gasteiger charge is 2.35. The van der Waals surface area contributed by atoms with Crippen molar-refractivity contribution in [2.24, 2.45) is 0 Å². The van der Waals surface area contributed by atoms with Crippen LogP contribution >= 0.6 is 12.6 Å². The minimum Gasteiger partial charge on any atom is -0.308 e. The molecule has 12 rings (SSSR count). The van der Waals surface area contributed by atoms with Crippen LogP contribution in [-0.2, 0) is 5.41 Å². The van der Waals surface area contributed by atoms with Gasteiger partial charge in [0.05, 0.1) is 22.2 Å². The van der Waals surface area contributed by atoms with E-state index in [1.807, 2.05) is 0 Å². The Bertz CT molecular complexity index is 3520. The van der Waals surface area contributed by atoms with Crippen molar-refractivity contribution in [3.8, 4) is 44.5 Å². The number of aryl methyl sites for hydroxylation is 1. The van der Waals surface area contributed by atoms with E-state index < -0.39 is 0 Å². The Kier molecular flexibility index (Phi) is 9.70. The monoisotopic (exact) mass is 842 g/mol. The van der Waals surface area contributed by atoms with Gasteiger partial charge >= 0.3 is 0 Å². The standard InChI is InChI=1S/C58H42N2S.C3H8/c1-36-19-31-51-50(33-36)44-30-24-41(35-52(44)58(51,2)3)38-22-28-43(29-23-38)59(42-26-20-37(21-27-42)40-25-32-55(61)49(34-40)39-11-5-4-6-12-39)54-18-10-16-48-47-15-9-14-46-45-13-7-8-17-53(45)60(56(46)47)57(48)54;1-3-2/h4-35,61H,1-3H3;3H2,1-2H3. The molecular formula is C61H50N2S. The molecule has 0 amide bonds. The third-order valence-electron chi connectivity index (χ3n) is 13.3. The molecule has 0 fully saturated rings. The summed E-state index contributed by atoms with van der Waals surface area (Å²) in [5.74, 6) is 0. The average Bonchev–Trinajstić information content (AvgIpc) is 3.93. The van der Waals surface area contributed by atoms with E-state index in [1.165, 1.54) is 83.5 Å². The number of benzene rings is 9. The van der Waals surface area contributed by atoms with E-state index >= 15 is 0 Å². The van der Waals surface area contributed by atoms with Crippen LogP contribution in [0.3, 0.4) is 0 Å². The van der Waals surface area contributed by atoms with Crippen LogP contribution in [0.4, 0.5) is 17.1 Å². The maximum absolute atomic E-state index is 4.84. The lowest BCUT2D eigenvalue weighted by Crippen LogP contribution is -2.15. The normalized spacial score (nSPS) is 12.7. The molecule has 1 aliphatic carbocycles. The van der Waals surface area contributed by atoms with E-state index in [0.717, 1.165) is 44.2 Å². The van der Waals surface area contributed by atoms with Crippen LogP contribution in [0.25, 0.3) is 82.6 Å². The van der Waals surface area contributed by atoms with E-state index in [4.69, 9.17) is 12.6 Å². The van der Waals surface area contributed by atoms with Crippen LogP contribution in [0.1, 0.15) is 50.8 Å². The smallest absolute Gasteiger partial charge is 0.0782 e. The fourth-order valence-corrected chi connectivity index (χ4v) is 10.5. The van der Waals surface area contributed by atoms with Crippen molar-refractivity contribution in [2.75, 3.05) is 4.90 Å². The number of aromatic nitrogens is 1. The second-order valence-corrected chi connectivity index (χ2v) is 18.4. The maximum atomic E-state index is 4.84. The summed E-state index contributed by atoms with van der Waals surface area (Å²) in [6, 6.07) is 71.6. The second kappa shape index (κ2) is 15.6. The summed E-state index contributed by atoms with van der Waals surface area (Å²) in [5, 5.41) is 5.08. The number of anilines is 3. The quantitative estimate of drug-likeness (QED) is 0.164. The summed E-state index contributed by atoms with van der Waals surface area (Å²) in [6.07, 6.45) is 1.25. The zero-order chi connectivity index (χ0) is 43.7. The summed E-state index contributed by atoms with van der Waals surface area (Å²) in [4.78, 5) is 3.41. The lowest BCUT2D eigenvalue weighted by Gasteiger charge is -2.27. The molecule has 11 aromatic rings. The molecule has 0 atom stereocenters. The van der Waals surface area contributed by atoms with Gasteiger partial charge in [-0.05, 0) is 117 Å². The summed E-state index contributed by atoms with van der Waals surface area (Å²) >= 11 is 4.84. The van der Waals surface area contributed by atoms with Gasteiger partial charge in [0, 0.05) is 43.2 Å². The van der Waals surface area contributed by atoms with Gasteiger partial charge in [-0.3, -0.25) is 0 Å². The van der Waals surface area contributed by atoms with E-state index in [2.05, 4.69) is 238 Å². The number of rotatable bonds is 6. The molecule has 9 aromatic carbocycles. The Balaban J connectivity index is 0.00000148. The van der Waals surface area contributed by atoms with Crippen LogP contribution in [0.15, 0.2) is 199 Å². The molecule has 0 spiro atoms. The Labute approximate surface area is 381 Å². The molecule has 0 N–H and O–H groups in total. The zero-order valence-corrected chi connectivity index (χ0v) is 37.9. The lowest BCUT2D eigenvalue weighted by molar-refractivity contribution is 0.660. The maximum Gasteiger partial charge on any atom is 0.0782 e. The van der Waals surface area contributed by atoms with Gasteiger partial charge in [0.2, 0.25) is 0 Å². The number of nitrogens with zero attached hydrogens (tertiary/aromatic N) is 2. The Hall–Kier alpha value is -7.07. The van der Waals surface area contributed by atoms with E-state index in [-0.39, 0.29) is 5.41 Å². The number of thiol groups is 1. The second-order valence-electron chi connectivity index (χ2n) is 17.9. The lowest BCUT2D eigenvalue weighted by atomic mass is 9.81. The molecule has 2 heterocycles. The molecule has 310 valence electrons. The molecule has 0 bridgehead atoms. The van der Waals surface area contributed by atoms with Gasteiger partial charge in [-0.15, -0.1) is 12.6 Å². The van der Waals surface area contributed by atoms with Crippen LogP contribution < -0.4 is 4.90 Å². The van der Waals surface area contributed by atoms with Gasteiger partial charge < -0.3 is 9.30 Å². The van der Waals surface area contributed by atoms with Crippen molar-refractivity contribution < 1.29 is 0 Å². The van der Waals surface area contributed by atoms with Gasteiger partial charge in [-0.2, -0.15) is 0 Å². The first kappa shape index (κ1) is 39.8. The summed E-state index contributed by atoms with van der Waals surface area (Å²) in [7, 11) is 0. The highest BCUT2D eigenvalue weighted by atomic mass is 32.1. The van der Waals surface area contributed by atoms with E-state index in [0.29, 0.717) is 0 Å². The van der Waals surface area contributed by atoms with Crippen molar-refractivity contribution in [3.63, 3.8) is 0 Å². The van der Waals surface area contributed by atoms with Gasteiger partial charge in [-0.25, -0.2) is 0 Å². The van der Waals surface area contributed by atoms with Crippen LogP contribution in [0.5, 0.6) is 0 Å². The first-order valence-electron chi connectivity index (χ1n) is 22.6. The highest BCUT2D eigenvalue weighted by Crippen LogP contribution is 2.51. The fraction of sp³-hybridized carbons (Fsp3) is 0.115. The van der Waals surface area contributed by atoms with Crippen LogP contribution in [0, 0.1) is 6.92 Å². The third-order valence-corrected chi connectivity index (χ3v) is 13.7. The molecule has 0 radical (unpaired) electrons. The highest BCUT2D eigenvalue weighted by molar-refractivity contribution is 7.80. The largest absolute Gasteiger partial charge is 0.308 e. The van der Waals surface area contributed by atoms with Crippen molar-refractivity contribution in [1.29, 1.82) is 0 Å². The van der Waals surface area contributed by atoms with E-state index in [9.17, 15) is 0 Å². The van der Waals surface area contributed by atoms with Crippen LogP contribution in [-0.4, -0.2) is 4.40 Å². The molecular weight excluding hydrogens is 793 g/mol. The Morgan fingerprint density at radius 1 is 0.453 bits per heavy atom. The number of para-hydroxylation sites is 3. The molecule has 2 nitrogen and oxygen atoms in total. The molecule has 2 aromatic heterocycles. The molecule has 64 heavy (non-hydrogen) atoms. The SMILES string of the molecule is CCC.Cc1ccc2c(c1)-c1ccc(-c3ccc(N(c4ccc(-c5ccc(S)c(-c6ccccc6)c5)cc4)c4cccc5c6cccc7c8ccccc8n(c45)c76)cc3)cc1C2(C)C. The molecule has 0 saturated heterocycles. The summed E-state index contributed by atoms with van der Waals surface area (Å²) in [5.41, 5.74) is 20.8. The zero-order valence-electron chi connectivity index (χ0n) is 37.0.